The van der Waals surface area contributed by atoms with E-state index in [2.05, 4.69) is 0 Å². The lowest BCUT2D eigenvalue weighted by molar-refractivity contribution is -0.380. The Bertz CT molecular complexity index is 1560. The van der Waals surface area contributed by atoms with Crippen molar-refractivity contribution in [3.63, 3.8) is 0 Å². The van der Waals surface area contributed by atoms with Crippen molar-refractivity contribution in [1.82, 2.24) is 0 Å². The fourth-order valence-corrected chi connectivity index (χ4v) is 9.61. The summed E-state index contributed by atoms with van der Waals surface area (Å²) in [6.45, 7) is -2.74. The number of aliphatic hydroxyl groups is 14. The Morgan fingerprint density at radius 1 is 0.312 bits per heavy atom. The molecule has 0 saturated carbocycles. The molecule has 6 bridgehead atoms. The van der Waals surface area contributed by atoms with Gasteiger partial charge in [0.05, 0.1) is 39.6 Å². The fraction of sp³-hybridized carbons (Fsp3) is 1.00. The molecule has 0 unspecified atom stereocenters. The average molecular weight is 937 g/mol. The number of hydrogen-bond acceptors (Lipinski definition) is 28. The number of fused-ring (bicyclic) bond motifs is 6. The van der Waals surface area contributed by atoms with Gasteiger partial charge in [0.25, 0.3) is 0 Å². The van der Waals surface area contributed by atoms with E-state index in [0.717, 1.165) is 0 Å². The molecule has 14 N–H and O–H groups in total. The van der Waals surface area contributed by atoms with E-state index in [4.69, 9.17) is 66.3 Å². The molecule has 0 radical (unpaired) electrons. The van der Waals surface area contributed by atoms with Crippen LogP contribution in [0.1, 0.15) is 0 Å². The van der Waals surface area contributed by atoms with Crippen LogP contribution in [0.25, 0.3) is 0 Å². The van der Waals surface area contributed by atoms with Crippen molar-refractivity contribution in [2.24, 2.45) is 0 Å². The summed E-state index contributed by atoms with van der Waals surface area (Å²) in [5.41, 5.74) is 0. The fourth-order valence-electron chi connectivity index (χ4n) is 9.61. The van der Waals surface area contributed by atoms with Crippen molar-refractivity contribution in [3.05, 3.63) is 0 Å². The normalized spacial score (nSPS) is 57.3. The molecule has 9 fully saturated rings. The van der Waals surface area contributed by atoms with Crippen LogP contribution in [-0.2, 0) is 66.3 Å². The molecular weight excluding hydrogens is 880 g/mol. The Balaban J connectivity index is 0.831. The van der Waals surface area contributed by atoms with E-state index in [0.29, 0.717) is 0 Å². The molecule has 0 amide bonds. The van der Waals surface area contributed by atoms with Gasteiger partial charge < -0.3 is 138 Å². The molecule has 9 heterocycles. The van der Waals surface area contributed by atoms with Crippen LogP contribution in [0.4, 0.5) is 0 Å². The standard InChI is InChI=1S/C36H56O28/c37-1-7-13(40)26(17(44)31(50)54-7)62-35-21(48)29-23(11(58-35)5-52-29)60-34-20(47)28(15(42)9(3-39)56-34)64-36-22(49)30-24(12(59-36)6-53-30)61-33-19(46)27(14(41)8(2-38)55-33)63-32-18(45)25-16(43)10(57-32)4-51-25/h7-50H,1-6H2/t7-,8-,9-,10+,11+,12+,13+,14+,15+,16-,17-,18+,19-,20-,21+,22+,23-,24-,25-,26-,27+,28+,29+,30+,31-,32+,33+,34+,35+,36+/m1/s1. The first-order chi connectivity index (χ1) is 30.6. The number of ether oxygens (including phenoxy) is 14. The Morgan fingerprint density at radius 2 is 0.641 bits per heavy atom. The second-order valence-corrected chi connectivity index (χ2v) is 17.1. The van der Waals surface area contributed by atoms with Gasteiger partial charge in [0.1, 0.15) is 146 Å². The summed E-state index contributed by atoms with van der Waals surface area (Å²) in [6, 6.07) is 0. The van der Waals surface area contributed by atoms with Gasteiger partial charge in [-0.05, 0) is 0 Å². The van der Waals surface area contributed by atoms with Gasteiger partial charge in [-0.15, -0.1) is 0 Å². The van der Waals surface area contributed by atoms with E-state index in [9.17, 15) is 71.5 Å². The van der Waals surface area contributed by atoms with E-state index in [1.54, 1.807) is 0 Å². The number of hydrogen-bond donors (Lipinski definition) is 14. The van der Waals surface area contributed by atoms with Crippen LogP contribution < -0.4 is 0 Å². The molecule has 9 aliphatic heterocycles. The van der Waals surface area contributed by atoms with Crippen LogP contribution in [0.5, 0.6) is 0 Å². The van der Waals surface area contributed by atoms with Crippen molar-refractivity contribution < 1.29 is 138 Å². The third kappa shape index (κ3) is 8.54. The van der Waals surface area contributed by atoms with Gasteiger partial charge in [-0.25, -0.2) is 0 Å². The molecule has 0 aliphatic carbocycles. The number of aliphatic hydroxyl groups excluding tert-OH is 14. The predicted octanol–water partition coefficient (Wildman–Crippen LogP) is -11.0. The molecule has 0 aromatic rings. The lowest BCUT2D eigenvalue weighted by Crippen LogP contribution is -2.66. The summed E-state index contributed by atoms with van der Waals surface area (Å²) in [6.07, 6.45) is -44.4. The van der Waals surface area contributed by atoms with Crippen molar-refractivity contribution >= 4 is 0 Å². The van der Waals surface area contributed by atoms with Crippen molar-refractivity contribution in [1.29, 1.82) is 0 Å². The SMILES string of the molecule is OC[C@H]1O[C@@H](O)[C@H](O)[C@H](O[C@@H]2O[C@H]3CO[C@@H]([C@@H]2O)[C@@H]3O[C@@H]2O[C@H](CO)[C@H](O)[C@H](O[C@@H]3O[C@H]4CO[C@@H]([C@@H]3O)[C@@H]4O[C@@H]3O[C@H](CO)[C@H](O)[C@H](O[C@@H]4O[C@H]5CO[C@@H]([C@@H]4O)[C@@H]5O)[C@H]3O)[C@H]2O)[C@H]1O. The van der Waals surface area contributed by atoms with Crippen LogP contribution >= 0.6 is 0 Å². The highest BCUT2D eigenvalue weighted by Crippen LogP contribution is 2.41. The zero-order chi connectivity index (χ0) is 45.5. The van der Waals surface area contributed by atoms with Crippen molar-refractivity contribution in [2.45, 2.75) is 184 Å². The summed E-state index contributed by atoms with van der Waals surface area (Å²) in [4.78, 5) is 0. The summed E-state index contributed by atoms with van der Waals surface area (Å²) >= 11 is 0. The highest BCUT2D eigenvalue weighted by Gasteiger charge is 2.61. The van der Waals surface area contributed by atoms with Gasteiger partial charge in [0.2, 0.25) is 0 Å². The molecule has 28 heteroatoms. The van der Waals surface area contributed by atoms with Gasteiger partial charge in [-0.1, -0.05) is 0 Å². The zero-order valence-corrected chi connectivity index (χ0v) is 33.5. The molecule has 9 saturated heterocycles. The molecule has 64 heavy (non-hydrogen) atoms. The maximum Gasteiger partial charge on any atom is 0.187 e. The van der Waals surface area contributed by atoms with Gasteiger partial charge in [-0.3, -0.25) is 0 Å². The Labute approximate surface area is 361 Å². The lowest BCUT2D eigenvalue weighted by atomic mass is 9.96. The predicted molar refractivity (Wildman–Crippen MR) is 189 cm³/mol. The topological polar surface area (TPSA) is 412 Å². The highest BCUT2D eigenvalue weighted by molar-refractivity contribution is 5.03. The van der Waals surface area contributed by atoms with E-state index >= 15 is 0 Å². The van der Waals surface area contributed by atoms with E-state index in [1.807, 2.05) is 0 Å². The minimum absolute atomic E-state index is 0.0399. The highest BCUT2D eigenvalue weighted by atomic mass is 16.8. The minimum Gasteiger partial charge on any atom is -0.394 e. The van der Waals surface area contributed by atoms with Gasteiger partial charge in [0, 0.05) is 0 Å². The van der Waals surface area contributed by atoms with Crippen LogP contribution in [0.2, 0.25) is 0 Å². The molecule has 28 nitrogen and oxygen atoms in total. The molecule has 0 aromatic carbocycles. The third-order valence-electron chi connectivity index (χ3n) is 13.2. The zero-order valence-electron chi connectivity index (χ0n) is 33.5. The van der Waals surface area contributed by atoms with Gasteiger partial charge in [-0.2, -0.15) is 0 Å². The number of rotatable bonds is 13. The van der Waals surface area contributed by atoms with E-state index in [1.165, 1.54) is 0 Å². The monoisotopic (exact) mass is 936 g/mol. The molecule has 9 aliphatic rings. The smallest absolute Gasteiger partial charge is 0.187 e. The maximum absolute atomic E-state index is 11.5. The van der Waals surface area contributed by atoms with E-state index in [-0.39, 0.29) is 19.8 Å². The van der Waals surface area contributed by atoms with Crippen LogP contribution in [-0.4, -0.2) is 295 Å². The minimum atomic E-state index is -1.88. The second kappa shape index (κ2) is 19.3. The Hall–Kier alpha value is -1.12. The quantitative estimate of drug-likeness (QED) is 0.0815. The van der Waals surface area contributed by atoms with Crippen LogP contribution in [0.15, 0.2) is 0 Å². The first kappa shape index (κ1) is 47.9. The second-order valence-electron chi connectivity index (χ2n) is 17.1. The first-order valence-electron chi connectivity index (χ1n) is 21.0. The van der Waals surface area contributed by atoms with Crippen LogP contribution in [0.3, 0.4) is 0 Å². The summed E-state index contributed by atoms with van der Waals surface area (Å²) in [5.74, 6) is 0. The molecule has 30 atom stereocenters. The Morgan fingerprint density at radius 3 is 1.08 bits per heavy atom. The van der Waals surface area contributed by atoms with Gasteiger partial charge >= 0.3 is 0 Å². The molecule has 0 aromatic heterocycles. The first-order valence-corrected chi connectivity index (χ1v) is 21.0. The van der Waals surface area contributed by atoms with Gasteiger partial charge in [0.15, 0.2) is 37.7 Å². The summed E-state index contributed by atoms with van der Waals surface area (Å²) < 4.78 is 80.0. The van der Waals surface area contributed by atoms with Crippen molar-refractivity contribution in [2.75, 3.05) is 39.6 Å². The molecule has 9 rings (SSSR count). The molecule has 368 valence electrons. The third-order valence-corrected chi connectivity index (χ3v) is 13.2. The molecule has 0 spiro atoms. The summed E-state index contributed by atoms with van der Waals surface area (Å²) in [5, 5.41) is 149. The van der Waals surface area contributed by atoms with Crippen LogP contribution in [0, 0.1) is 0 Å². The lowest BCUT2D eigenvalue weighted by Gasteiger charge is -2.48. The molecular formula is C36H56O28. The largest absolute Gasteiger partial charge is 0.394 e. The van der Waals surface area contributed by atoms with E-state index < -0.39 is 204 Å². The average Bonchev–Trinajstić information content (AvgIpc) is 3.87. The Kier molecular flexibility index (Phi) is 14.5. The van der Waals surface area contributed by atoms with Crippen molar-refractivity contribution in [3.8, 4) is 0 Å². The maximum atomic E-state index is 11.5. The summed E-state index contributed by atoms with van der Waals surface area (Å²) in [7, 11) is 0.